The van der Waals surface area contributed by atoms with E-state index in [1.54, 1.807) is 18.2 Å². The molecule has 0 bridgehead atoms. The zero-order valence-electron chi connectivity index (χ0n) is 17.0. The number of nitrogens with zero attached hydrogens (tertiary/aromatic N) is 1. The lowest BCUT2D eigenvalue weighted by Gasteiger charge is -2.36. The molecule has 3 aliphatic rings. The summed E-state index contributed by atoms with van der Waals surface area (Å²) >= 11 is 0. The van der Waals surface area contributed by atoms with Gasteiger partial charge in [-0.3, -0.25) is 9.59 Å². The van der Waals surface area contributed by atoms with Gasteiger partial charge in [0.15, 0.2) is 11.6 Å². The van der Waals surface area contributed by atoms with Crippen LogP contribution >= 0.6 is 0 Å². The zero-order chi connectivity index (χ0) is 20.2. The molecule has 3 nitrogen and oxygen atoms in total. The van der Waals surface area contributed by atoms with E-state index >= 15 is 0 Å². The molecule has 2 aromatic rings. The third-order valence-electron chi connectivity index (χ3n) is 6.90. The maximum atomic E-state index is 12.8. The summed E-state index contributed by atoms with van der Waals surface area (Å²) in [7, 11) is 2.11. The average Bonchev–Trinajstić information content (AvgIpc) is 3.10. The highest BCUT2D eigenvalue weighted by molar-refractivity contribution is 6.39. The molecule has 1 aliphatic heterocycles. The van der Waals surface area contributed by atoms with Gasteiger partial charge in [0, 0.05) is 35.0 Å². The van der Waals surface area contributed by atoms with E-state index in [0.29, 0.717) is 11.1 Å². The Morgan fingerprint density at radius 2 is 1.55 bits per heavy atom. The second kappa shape index (κ2) is 6.55. The first kappa shape index (κ1) is 18.1. The van der Waals surface area contributed by atoms with Crippen LogP contribution in [0.3, 0.4) is 0 Å². The number of hydrogen-bond donors (Lipinski definition) is 0. The van der Waals surface area contributed by atoms with Crippen LogP contribution in [0, 0.1) is 6.92 Å². The molecule has 1 spiro atoms. The molecule has 0 N–H and O–H groups in total. The second-order valence-electron chi connectivity index (χ2n) is 8.56. The smallest absolute Gasteiger partial charge is 0.197 e. The summed E-state index contributed by atoms with van der Waals surface area (Å²) < 4.78 is 0. The van der Waals surface area contributed by atoms with Gasteiger partial charge in [0.2, 0.25) is 0 Å². The Bertz CT molecular complexity index is 1060. The molecule has 0 unspecified atom stereocenters. The van der Waals surface area contributed by atoms with Crippen molar-refractivity contribution >= 4 is 17.3 Å². The maximum absolute atomic E-state index is 12.8. The van der Waals surface area contributed by atoms with Gasteiger partial charge < -0.3 is 4.90 Å². The van der Waals surface area contributed by atoms with Crippen LogP contribution in [-0.4, -0.2) is 18.6 Å². The van der Waals surface area contributed by atoms with Crippen molar-refractivity contribution in [3.8, 4) is 0 Å². The fourth-order valence-electron chi connectivity index (χ4n) is 5.45. The van der Waals surface area contributed by atoms with Crippen LogP contribution in [0.4, 0.5) is 5.69 Å². The van der Waals surface area contributed by atoms with Crippen LogP contribution in [0.2, 0.25) is 0 Å². The van der Waals surface area contributed by atoms with Crippen LogP contribution in [0.15, 0.2) is 65.9 Å². The highest BCUT2D eigenvalue weighted by atomic mass is 16.2. The van der Waals surface area contributed by atoms with Gasteiger partial charge in [0.05, 0.1) is 5.57 Å². The van der Waals surface area contributed by atoms with Gasteiger partial charge in [0.25, 0.3) is 0 Å². The maximum Gasteiger partial charge on any atom is 0.197 e. The highest BCUT2D eigenvalue weighted by Gasteiger charge is 2.46. The molecule has 1 saturated carbocycles. The lowest BCUT2D eigenvalue weighted by Crippen LogP contribution is -2.31. The van der Waals surface area contributed by atoms with Crippen molar-refractivity contribution in [1.29, 1.82) is 0 Å². The van der Waals surface area contributed by atoms with E-state index in [4.69, 9.17) is 0 Å². The van der Waals surface area contributed by atoms with Crippen molar-refractivity contribution in [2.75, 3.05) is 11.9 Å². The number of aryl methyl sites for hydroxylation is 1. The monoisotopic (exact) mass is 383 g/mol. The summed E-state index contributed by atoms with van der Waals surface area (Å²) in [5, 5.41) is 0. The molecule has 0 amide bonds. The van der Waals surface area contributed by atoms with E-state index < -0.39 is 0 Å². The number of carbonyl (C=O) groups is 2. The predicted molar refractivity (Wildman–Crippen MR) is 116 cm³/mol. The summed E-state index contributed by atoms with van der Waals surface area (Å²) in [4.78, 5) is 27.8. The SMILES string of the molecule is Cc1ccc2c(c1)C1(CCCCC1)/C(=C\C=C1C(=O)c3ccccc3C1=O)N2C. The number of allylic oxidation sites excluding steroid dienone is 4. The minimum Gasteiger partial charge on any atom is -0.347 e. The summed E-state index contributed by atoms with van der Waals surface area (Å²) in [5.41, 5.74) is 6.45. The Balaban J connectivity index is 1.62. The molecule has 146 valence electrons. The predicted octanol–water partition coefficient (Wildman–Crippen LogP) is 5.54. The number of ketones is 2. The molecule has 5 rings (SSSR count). The first-order chi connectivity index (χ1) is 14.0. The van der Waals surface area contributed by atoms with E-state index in [9.17, 15) is 9.59 Å². The largest absolute Gasteiger partial charge is 0.347 e. The number of likely N-dealkylation sites (N-methyl/N-ethyl adjacent to an activating group) is 1. The third kappa shape index (κ3) is 2.57. The molecular formula is C26H25NO2. The molecule has 0 saturated heterocycles. The molecule has 0 radical (unpaired) electrons. The third-order valence-corrected chi connectivity index (χ3v) is 6.90. The first-order valence-electron chi connectivity index (χ1n) is 10.5. The Morgan fingerprint density at radius 1 is 0.897 bits per heavy atom. The molecule has 0 aromatic heterocycles. The van der Waals surface area contributed by atoms with E-state index in [1.807, 2.05) is 18.2 Å². The zero-order valence-corrected chi connectivity index (χ0v) is 17.0. The Hall–Kier alpha value is -2.94. The van der Waals surface area contributed by atoms with Crippen LogP contribution in [-0.2, 0) is 5.41 Å². The molecule has 29 heavy (non-hydrogen) atoms. The van der Waals surface area contributed by atoms with Crippen molar-refractivity contribution in [3.63, 3.8) is 0 Å². The lowest BCUT2D eigenvalue weighted by molar-refractivity contribution is 0.0988. The normalized spacial score (nSPS) is 21.1. The van der Waals surface area contributed by atoms with Gasteiger partial charge in [-0.05, 0) is 43.5 Å². The topological polar surface area (TPSA) is 37.4 Å². The van der Waals surface area contributed by atoms with Crippen LogP contribution in [0.1, 0.15) is 63.9 Å². The van der Waals surface area contributed by atoms with E-state index in [2.05, 4.69) is 37.1 Å². The fraction of sp³-hybridized carbons (Fsp3) is 0.308. The van der Waals surface area contributed by atoms with Gasteiger partial charge >= 0.3 is 0 Å². The molecule has 1 fully saturated rings. The minimum atomic E-state index is -0.158. The quantitative estimate of drug-likeness (QED) is 0.479. The number of rotatable bonds is 1. The fourth-order valence-corrected chi connectivity index (χ4v) is 5.45. The van der Waals surface area contributed by atoms with Crippen molar-refractivity contribution in [3.05, 3.63) is 88.1 Å². The first-order valence-corrected chi connectivity index (χ1v) is 10.5. The van der Waals surface area contributed by atoms with Crippen LogP contribution in [0.25, 0.3) is 0 Å². The van der Waals surface area contributed by atoms with Gasteiger partial charge in [-0.1, -0.05) is 61.2 Å². The standard InChI is InChI=1S/C26H25NO2/c1-17-10-12-22-21(16-17)26(14-6-3-7-15-26)23(27(22)2)13-11-20-24(28)18-8-4-5-9-19(18)25(20)29/h4-5,8-13,16H,3,6-7,14-15H2,1-2H3/b23-13+. The summed E-state index contributed by atoms with van der Waals surface area (Å²) in [5.74, 6) is -0.316. The van der Waals surface area contributed by atoms with Crippen molar-refractivity contribution in [1.82, 2.24) is 0 Å². The number of fused-ring (bicyclic) bond motifs is 3. The minimum absolute atomic E-state index is 0.0109. The van der Waals surface area contributed by atoms with Gasteiger partial charge in [-0.2, -0.15) is 0 Å². The van der Waals surface area contributed by atoms with Gasteiger partial charge in [-0.15, -0.1) is 0 Å². The number of Topliss-reactive ketones (excluding diaryl/α,β-unsaturated/α-hetero) is 2. The average molecular weight is 383 g/mol. The molecule has 2 aliphatic carbocycles. The molecule has 1 heterocycles. The lowest BCUT2D eigenvalue weighted by atomic mass is 9.68. The molecule has 2 aromatic carbocycles. The summed E-state index contributed by atoms with van der Waals surface area (Å²) in [6.07, 6.45) is 9.73. The summed E-state index contributed by atoms with van der Waals surface area (Å²) in [6.45, 7) is 2.15. The van der Waals surface area contributed by atoms with Crippen molar-refractivity contribution in [2.45, 2.75) is 44.4 Å². The van der Waals surface area contributed by atoms with Crippen LogP contribution in [0.5, 0.6) is 0 Å². The molecule has 0 atom stereocenters. The van der Waals surface area contributed by atoms with Gasteiger partial charge in [-0.25, -0.2) is 0 Å². The van der Waals surface area contributed by atoms with E-state index in [0.717, 1.165) is 12.8 Å². The van der Waals surface area contributed by atoms with Crippen molar-refractivity contribution < 1.29 is 9.59 Å². The van der Waals surface area contributed by atoms with Gasteiger partial charge in [0.1, 0.15) is 0 Å². The second-order valence-corrected chi connectivity index (χ2v) is 8.56. The summed E-state index contributed by atoms with van der Waals surface area (Å²) in [6, 6.07) is 13.8. The number of hydrogen-bond acceptors (Lipinski definition) is 3. The number of carbonyl (C=O) groups excluding carboxylic acids is 2. The Morgan fingerprint density at radius 3 is 2.21 bits per heavy atom. The van der Waals surface area contributed by atoms with Crippen molar-refractivity contribution in [2.24, 2.45) is 0 Å². The van der Waals surface area contributed by atoms with E-state index in [-0.39, 0.29) is 22.6 Å². The Labute approximate surface area is 171 Å². The highest BCUT2D eigenvalue weighted by Crippen LogP contribution is 2.55. The number of anilines is 1. The number of benzene rings is 2. The molecular weight excluding hydrogens is 358 g/mol. The van der Waals surface area contributed by atoms with E-state index in [1.165, 1.54) is 41.8 Å². The van der Waals surface area contributed by atoms with Crippen LogP contribution < -0.4 is 4.90 Å². The Kier molecular flexibility index (Phi) is 4.09. The molecule has 3 heteroatoms.